The van der Waals surface area contributed by atoms with Crippen LogP contribution in [0.25, 0.3) is 10.9 Å². The summed E-state index contributed by atoms with van der Waals surface area (Å²) in [4.78, 5) is 20.7. The molecule has 0 aliphatic rings. The molecule has 1 atom stereocenters. The van der Waals surface area contributed by atoms with Crippen LogP contribution in [0.15, 0.2) is 66.0 Å². The first-order valence-electron chi connectivity index (χ1n) is 7.41. The van der Waals surface area contributed by atoms with E-state index in [1.165, 1.54) is 18.1 Å². The van der Waals surface area contributed by atoms with Crippen LogP contribution in [0, 0.1) is 0 Å². The molecule has 0 saturated carbocycles. The molecule has 0 unspecified atom stereocenters. The first-order valence-corrected chi connectivity index (χ1v) is 8.39. The highest BCUT2D eigenvalue weighted by molar-refractivity contribution is 8.00. The lowest BCUT2D eigenvalue weighted by molar-refractivity contribution is -0.119. The van der Waals surface area contributed by atoms with Crippen molar-refractivity contribution < 1.29 is 4.79 Å². The van der Waals surface area contributed by atoms with Crippen LogP contribution in [0.4, 0.5) is 0 Å². The third-order valence-corrected chi connectivity index (χ3v) is 4.53. The molecule has 0 spiro atoms. The number of carbonyl (C=O) groups excluding carboxylic acids is 1. The number of para-hydroxylation sites is 1. The molecule has 116 valence electrons. The number of fused-ring (bicyclic) bond motifs is 1. The van der Waals surface area contributed by atoms with Crippen molar-refractivity contribution in [2.24, 2.45) is 0 Å². The predicted octanol–water partition coefficient (Wildman–Crippen LogP) is 3.60. The van der Waals surface area contributed by atoms with Crippen molar-refractivity contribution in [1.29, 1.82) is 0 Å². The van der Waals surface area contributed by atoms with Crippen LogP contribution in [-0.4, -0.2) is 21.6 Å². The normalized spacial score (nSPS) is 12.0. The highest BCUT2D eigenvalue weighted by atomic mass is 32.2. The van der Waals surface area contributed by atoms with Gasteiger partial charge < -0.3 is 5.32 Å². The SMILES string of the molecule is C[C@H](NC(=O)CSc1ncnc2ccccc12)c1ccccc1. The Morgan fingerprint density at radius 2 is 1.83 bits per heavy atom. The van der Waals surface area contributed by atoms with Gasteiger partial charge in [-0.15, -0.1) is 0 Å². The van der Waals surface area contributed by atoms with Gasteiger partial charge in [-0.05, 0) is 18.6 Å². The number of benzene rings is 2. The molecule has 1 N–H and O–H groups in total. The zero-order chi connectivity index (χ0) is 16.1. The number of aromatic nitrogens is 2. The Hall–Kier alpha value is -2.40. The maximum absolute atomic E-state index is 12.2. The largest absolute Gasteiger partial charge is 0.349 e. The molecule has 2 aromatic carbocycles. The third kappa shape index (κ3) is 3.87. The van der Waals surface area contributed by atoms with Gasteiger partial charge in [-0.2, -0.15) is 0 Å². The van der Waals surface area contributed by atoms with Crippen LogP contribution in [0.2, 0.25) is 0 Å². The lowest BCUT2D eigenvalue weighted by Gasteiger charge is -2.14. The minimum Gasteiger partial charge on any atom is -0.349 e. The number of nitrogens with zero attached hydrogens (tertiary/aromatic N) is 2. The molecule has 5 heteroatoms. The van der Waals surface area contributed by atoms with Gasteiger partial charge in [-0.25, -0.2) is 9.97 Å². The van der Waals surface area contributed by atoms with E-state index in [4.69, 9.17) is 0 Å². The van der Waals surface area contributed by atoms with Gasteiger partial charge in [-0.3, -0.25) is 4.79 Å². The number of rotatable bonds is 5. The Morgan fingerprint density at radius 3 is 2.65 bits per heavy atom. The summed E-state index contributed by atoms with van der Waals surface area (Å²) in [5.41, 5.74) is 1.99. The molecular formula is C18H17N3OS. The number of hydrogen-bond donors (Lipinski definition) is 1. The summed E-state index contributed by atoms with van der Waals surface area (Å²) in [6.07, 6.45) is 1.54. The fourth-order valence-corrected chi connectivity index (χ4v) is 3.14. The Morgan fingerprint density at radius 1 is 1.09 bits per heavy atom. The molecule has 4 nitrogen and oxygen atoms in total. The van der Waals surface area contributed by atoms with Gasteiger partial charge in [0.1, 0.15) is 11.4 Å². The van der Waals surface area contributed by atoms with E-state index in [2.05, 4.69) is 15.3 Å². The predicted molar refractivity (Wildman–Crippen MR) is 93.3 cm³/mol. The number of amides is 1. The van der Waals surface area contributed by atoms with Gasteiger partial charge in [-0.1, -0.05) is 60.3 Å². The van der Waals surface area contributed by atoms with Crippen LogP contribution < -0.4 is 5.32 Å². The molecule has 0 saturated heterocycles. The fourth-order valence-electron chi connectivity index (χ4n) is 2.34. The second-order valence-electron chi connectivity index (χ2n) is 5.18. The maximum atomic E-state index is 12.2. The first-order chi connectivity index (χ1) is 11.2. The molecule has 0 bridgehead atoms. The van der Waals surface area contributed by atoms with Crippen molar-refractivity contribution in [3.8, 4) is 0 Å². The van der Waals surface area contributed by atoms with Crippen LogP contribution in [0.5, 0.6) is 0 Å². The van der Waals surface area contributed by atoms with E-state index < -0.39 is 0 Å². The highest BCUT2D eigenvalue weighted by Gasteiger charge is 2.11. The van der Waals surface area contributed by atoms with Crippen molar-refractivity contribution in [3.63, 3.8) is 0 Å². The minimum absolute atomic E-state index is 0.00551. The van der Waals surface area contributed by atoms with Crippen LogP contribution in [0.1, 0.15) is 18.5 Å². The van der Waals surface area contributed by atoms with Gasteiger partial charge >= 0.3 is 0 Å². The molecule has 0 aliphatic carbocycles. The summed E-state index contributed by atoms with van der Waals surface area (Å²) in [5, 5.41) is 4.82. The van der Waals surface area contributed by atoms with Crippen LogP contribution >= 0.6 is 11.8 Å². The van der Waals surface area contributed by atoms with E-state index in [-0.39, 0.29) is 11.9 Å². The van der Waals surface area contributed by atoms with E-state index >= 15 is 0 Å². The lowest BCUT2D eigenvalue weighted by Crippen LogP contribution is -2.28. The molecule has 1 aromatic heterocycles. The standard InChI is InChI=1S/C18H17N3OS/c1-13(14-7-3-2-4-8-14)21-17(22)11-23-18-15-9-5-6-10-16(15)19-12-20-18/h2-10,12-13H,11H2,1H3,(H,21,22)/t13-/m0/s1. The van der Waals surface area contributed by atoms with Crippen molar-refractivity contribution in [2.75, 3.05) is 5.75 Å². The summed E-state index contributed by atoms with van der Waals surface area (Å²) in [6.45, 7) is 1.98. The molecule has 0 aliphatic heterocycles. The molecule has 3 aromatic rings. The number of thioether (sulfide) groups is 1. The van der Waals surface area contributed by atoms with E-state index in [1.807, 2.05) is 61.5 Å². The quantitative estimate of drug-likeness (QED) is 0.576. The average Bonchev–Trinajstić information content (AvgIpc) is 2.60. The van der Waals surface area contributed by atoms with Crippen LogP contribution in [0.3, 0.4) is 0 Å². The van der Waals surface area contributed by atoms with Crippen molar-refractivity contribution >= 4 is 28.6 Å². The number of nitrogens with one attached hydrogen (secondary N) is 1. The van der Waals surface area contributed by atoms with Gasteiger partial charge in [0.15, 0.2) is 0 Å². The summed E-state index contributed by atoms with van der Waals surface area (Å²) in [7, 11) is 0. The molecular weight excluding hydrogens is 306 g/mol. The Bertz CT molecular complexity index is 802. The average molecular weight is 323 g/mol. The zero-order valence-electron chi connectivity index (χ0n) is 12.8. The minimum atomic E-state index is -0.00792. The van der Waals surface area contributed by atoms with Crippen molar-refractivity contribution in [1.82, 2.24) is 15.3 Å². The molecule has 0 radical (unpaired) electrons. The van der Waals surface area contributed by atoms with Gasteiger partial charge in [0, 0.05) is 5.39 Å². The van der Waals surface area contributed by atoms with Gasteiger partial charge in [0.05, 0.1) is 17.3 Å². The molecule has 23 heavy (non-hydrogen) atoms. The Labute approximate surface area is 139 Å². The first kappa shape index (κ1) is 15.5. The number of carbonyl (C=O) groups is 1. The van der Waals surface area contributed by atoms with Crippen molar-refractivity contribution in [3.05, 3.63) is 66.5 Å². The molecule has 1 heterocycles. The third-order valence-electron chi connectivity index (χ3n) is 3.52. The highest BCUT2D eigenvalue weighted by Crippen LogP contribution is 2.24. The second kappa shape index (κ2) is 7.24. The summed E-state index contributed by atoms with van der Waals surface area (Å²) >= 11 is 1.43. The Kier molecular flexibility index (Phi) is 4.88. The lowest BCUT2D eigenvalue weighted by atomic mass is 10.1. The fraction of sp³-hybridized carbons (Fsp3) is 0.167. The van der Waals surface area contributed by atoms with E-state index in [9.17, 15) is 4.79 Å². The summed E-state index contributed by atoms with van der Waals surface area (Å²) in [5.74, 6) is 0.326. The topological polar surface area (TPSA) is 54.9 Å². The zero-order valence-corrected chi connectivity index (χ0v) is 13.6. The van der Waals surface area contributed by atoms with Crippen molar-refractivity contribution in [2.45, 2.75) is 18.0 Å². The smallest absolute Gasteiger partial charge is 0.230 e. The van der Waals surface area contributed by atoms with Crippen LogP contribution in [-0.2, 0) is 4.79 Å². The van der Waals surface area contributed by atoms with E-state index in [0.29, 0.717) is 5.75 Å². The van der Waals surface area contributed by atoms with E-state index in [0.717, 1.165) is 21.5 Å². The van der Waals surface area contributed by atoms with Gasteiger partial charge in [0.2, 0.25) is 5.91 Å². The molecule has 1 amide bonds. The second-order valence-corrected chi connectivity index (χ2v) is 6.15. The Balaban J connectivity index is 1.62. The maximum Gasteiger partial charge on any atom is 0.230 e. The number of hydrogen-bond acceptors (Lipinski definition) is 4. The monoisotopic (exact) mass is 323 g/mol. The van der Waals surface area contributed by atoms with E-state index in [1.54, 1.807) is 0 Å². The molecule has 0 fully saturated rings. The van der Waals surface area contributed by atoms with Gasteiger partial charge in [0.25, 0.3) is 0 Å². The summed E-state index contributed by atoms with van der Waals surface area (Å²) in [6, 6.07) is 17.7. The molecule has 3 rings (SSSR count). The summed E-state index contributed by atoms with van der Waals surface area (Å²) < 4.78 is 0.